The first kappa shape index (κ1) is 11.8. The van der Waals surface area contributed by atoms with Crippen LogP contribution in [0.4, 0.5) is 4.39 Å². The molecule has 2 atom stereocenters. The Morgan fingerprint density at radius 2 is 1.94 bits per heavy atom. The molecule has 0 saturated carbocycles. The zero-order valence-corrected chi connectivity index (χ0v) is 10.5. The van der Waals surface area contributed by atoms with E-state index in [1.165, 1.54) is 6.07 Å². The molecule has 0 amide bonds. The van der Waals surface area contributed by atoms with Crippen molar-refractivity contribution in [3.8, 4) is 0 Å². The number of hydrogen-bond donors (Lipinski definition) is 0. The number of Topliss-reactive ketones (excluding diaryl/α,β-unsaturated/α-hetero) is 1. The minimum Gasteiger partial charge on any atom is -0.375 e. The van der Waals surface area contributed by atoms with E-state index in [-0.39, 0.29) is 29.7 Å². The molecule has 0 spiro atoms. The number of benzene rings is 1. The predicted octanol–water partition coefficient (Wildman–Crippen LogP) is 3.27. The van der Waals surface area contributed by atoms with Gasteiger partial charge in [0.1, 0.15) is 5.82 Å². The van der Waals surface area contributed by atoms with Gasteiger partial charge in [0.05, 0.1) is 12.2 Å². The van der Waals surface area contributed by atoms with Gasteiger partial charge in [-0.15, -0.1) is 0 Å². The molecular formula is C15H17FO2. The Kier molecular flexibility index (Phi) is 2.94. The number of ether oxygens (including phenoxy) is 1. The standard InChI is InChI=1S/C15H17FO2/c1-9-6-10(2-5-14(9)16)15(17)11-7-12-3-4-13(8-11)18-12/h2,5-6,11-13H,3-4,7-8H2,1H3. The van der Waals surface area contributed by atoms with Gasteiger partial charge in [0.2, 0.25) is 0 Å². The van der Waals surface area contributed by atoms with Crippen molar-refractivity contribution in [1.82, 2.24) is 0 Å². The molecule has 2 unspecified atom stereocenters. The fourth-order valence-electron chi connectivity index (χ4n) is 3.11. The Bertz CT molecular complexity index is 471. The van der Waals surface area contributed by atoms with Crippen LogP contribution in [0, 0.1) is 18.7 Å². The predicted molar refractivity (Wildman–Crippen MR) is 66.1 cm³/mol. The fraction of sp³-hybridized carbons (Fsp3) is 0.533. The Labute approximate surface area is 106 Å². The van der Waals surface area contributed by atoms with Gasteiger partial charge < -0.3 is 4.74 Å². The molecule has 0 aromatic heterocycles. The molecule has 3 heteroatoms. The number of carbonyl (C=O) groups is 1. The Balaban J connectivity index is 1.79. The summed E-state index contributed by atoms with van der Waals surface area (Å²) in [6.07, 6.45) is 4.34. The second kappa shape index (κ2) is 4.47. The van der Waals surface area contributed by atoms with Gasteiger partial charge in [-0.1, -0.05) is 0 Å². The maximum Gasteiger partial charge on any atom is 0.166 e. The van der Waals surface area contributed by atoms with E-state index in [0.29, 0.717) is 11.1 Å². The van der Waals surface area contributed by atoms with Crippen LogP contribution >= 0.6 is 0 Å². The summed E-state index contributed by atoms with van der Waals surface area (Å²) in [5.41, 5.74) is 1.18. The van der Waals surface area contributed by atoms with E-state index in [0.717, 1.165) is 25.7 Å². The molecule has 2 fully saturated rings. The molecule has 2 heterocycles. The first-order valence-electron chi connectivity index (χ1n) is 6.59. The number of hydrogen-bond acceptors (Lipinski definition) is 2. The number of aryl methyl sites for hydroxylation is 1. The molecule has 2 bridgehead atoms. The van der Waals surface area contributed by atoms with Crippen LogP contribution in [0.5, 0.6) is 0 Å². The highest BCUT2D eigenvalue weighted by Gasteiger charge is 2.38. The van der Waals surface area contributed by atoms with Crippen LogP contribution in [0.25, 0.3) is 0 Å². The maximum absolute atomic E-state index is 13.2. The zero-order valence-electron chi connectivity index (χ0n) is 10.5. The smallest absolute Gasteiger partial charge is 0.166 e. The zero-order chi connectivity index (χ0) is 12.7. The van der Waals surface area contributed by atoms with Crippen molar-refractivity contribution in [3.05, 3.63) is 35.1 Å². The van der Waals surface area contributed by atoms with Gasteiger partial charge in [-0.25, -0.2) is 4.39 Å². The SMILES string of the molecule is Cc1cc(C(=O)C2CC3CCC(C2)O3)ccc1F. The third-order valence-corrected chi connectivity index (χ3v) is 4.10. The van der Waals surface area contributed by atoms with E-state index in [4.69, 9.17) is 4.74 Å². The molecule has 2 aliphatic rings. The van der Waals surface area contributed by atoms with Gasteiger partial charge in [0, 0.05) is 11.5 Å². The number of ketones is 1. The third-order valence-electron chi connectivity index (χ3n) is 4.10. The van der Waals surface area contributed by atoms with Crippen LogP contribution < -0.4 is 0 Å². The van der Waals surface area contributed by atoms with Crippen molar-refractivity contribution >= 4 is 5.78 Å². The van der Waals surface area contributed by atoms with Crippen LogP contribution in [-0.4, -0.2) is 18.0 Å². The van der Waals surface area contributed by atoms with E-state index in [9.17, 15) is 9.18 Å². The Morgan fingerprint density at radius 1 is 1.28 bits per heavy atom. The van der Waals surface area contributed by atoms with E-state index >= 15 is 0 Å². The molecule has 2 saturated heterocycles. The second-order valence-corrected chi connectivity index (χ2v) is 5.45. The number of carbonyl (C=O) groups excluding carboxylic acids is 1. The van der Waals surface area contributed by atoms with Gasteiger partial charge in [-0.3, -0.25) is 4.79 Å². The van der Waals surface area contributed by atoms with Crippen molar-refractivity contribution in [1.29, 1.82) is 0 Å². The summed E-state index contributed by atoms with van der Waals surface area (Å²) in [5, 5.41) is 0. The average molecular weight is 248 g/mol. The maximum atomic E-state index is 13.2. The topological polar surface area (TPSA) is 26.3 Å². The van der Waals surface area contributed by atoms with Crippen molar-refractivity contribution in [2.45, 2.75) is 44.8 Å². The fourth-order valence-corrected chi connectivity index (χ4v) is 3.11. The van der Waals surface area contributed by atoms with Crippen LogP contribution in [0.2, 0.25) is 0 Å². The first-order valence-corrected chi connectivity index (χ1v) is 6.59. The number of halogens is 1. The van der Waals surface area contributed by atoms with Crippen molar-refractivity contribution < 1.29 is 13.9 Å². The van der Waals surface area contributed by atoms with E-state index in [1.807, 2.05) is 0 Å². The molecule has 1 aromatic rings. The highest BCUT2D eigenvalue weighted by molar-refractivity contribution is 5.98. The molecule has 0 radical (unpaired) electrons. The van der Waals surface area contributed by atoms with Crippen molar-refractivity contribution in [2.24, 2.45) is 5.92 Å². The molecule has 0 N–H and O–H groups in total. The monoisotopic (exact) mass is 248 g/mol. The summed E-state index contributed by atoms with van der Waals surface area (Å²) >= 11 is 0. The lowest BCUT2D eigenvalue weighted by Crippen LogP contribution is -2.30. The summed E-state index contributed by atoms with van der Waals surface area (Å²) in [6.45, 7) is 1.69. The molecular weight excluding hydrogens is 231 g/mol. The average Bonchev–Trinajstić information content (AvgIpc) is 2.71. The largest absolute Gasteiger partial charge is 0.375 e. The van der Waals surface area contributed by atoms with Gasteiger partial charge in [-0.2, -0.15) is 0 Å². The minimum atomic E-state index is -0.251. The van der Waals surface area contributed by atoms with Crippen molar-refractivity contribution in [2.75, 3.05) is 0 Å². The van der Waals surface area contributed by atoms with E-state index < -0.39 is 0 Å². The quantitative estimate of drug-likeness (QED) is 0.751. The van der Waals surface area contributed by atoms with Crippen LogP contribution in [0.15, 0.2) is 18.2 Å². The van der Waals surface area contributed by atoms with Crippen LogP contribution in [0.1, 0.15) is 41.6 Å². The first-order chi connectivity index (χ1) is 8.63. The lowest BCUT2D eigenvalue weighted by Gasteiger charge is -2.27. The molecule has 0 aliphatic carbocycles. The third kappa shape index (κ3) is 2.07. The van der Waals surface area contributed by atoms with Gasteiger partial charge in [0.25, 0.3) is 0 Å². The summed E-state index contributed by atoms with van der Waals surface area (Å²) in [6, 6.07) is 4.65. The molecule has 2 aliphatic heterocycles. The summed E-state index contributed by atoms with van der Waals surface area (Å²) in [5.74, 6) is -0.0435. The number of fused-ring (bicyclic) bond motifs is 2. The Hall–Kier alpha value is -1.22. The molecule has 1 aromatic carbocycles. The van der Waals surface area contributed by atoms with Gasteiger partial charge >= 0.3 is 0 Å². The Morgan fingerprint density at radius 3 is 2.56 bits per heavy atom. The molecule has 3 rings (SSSR count). The lowest BCUT2D eigenvalue weighted by atomic mass is 9.87. The van der Waals surface area contributed by atoms with Crippen LogP contribution in [-0.2, 0) is 4.74 Å². The molecule has 96 valence electrons. The van der Waals surface area contributed by atoms with Gasteiger partial charge in [-0.05, 0) is 56.4 Å². The van der Waals surface area contributed by atoms with Crippen LogP contribution in [0.3, 0.4) is 0 Å². The molecule has 2 nitrogen and oxygen atoms in total. The highest BCUT2D eigenvalue weighted by Crippen LogP contribution is 2.37. The highest BCUT2D eigenvalue weighted by atomic mass is 19.1. The number of rotatable bonds is 2. The second-order valence-electron chi connectivity index (χ2n) is 5.45. The summed E-state index contributed by atoms with van der Waals surface area (Å²) in [4.78, 5) is 12.4. The summed E-state index contributed by atoms with van der Waals surface area (Å²) < 4.78 is 19.0. The van der Waals surface area contributed by atoms with Gasteiger partial charge in [0.15, 0.2) is 5.78 Å². The van der Waals surface area contributed by atoms with E-state index in [1.54, 1.807) is 19.1 Å². The minimum absolute atomic E-state index is 0.0566. The molecule has 18 heavy (non-hydrogen) atoms. The summed E-state index contributed by atoms with van der Waals surface area (Å²) in [7, 11) is 0. The normalized spacial score (nSPS) is 30.4. The lowest BCUT2D eigenvalue weighted by molar-refractivity contribution is -0.0149. The van der Waals surface area contributed by atoms with Crippen molar-refractivity contribution in [3.63, 3.8) is 0 Å². The van der Waals surface area contributed by atoms with E-state index in [2.05, 4.69) is 0 Å².